The third-order valence-electron chi connectivity index (χ3n) is 2.24. The van der Waals surface area contributed by atoms with Crippen LogP contribution in [0.2, 0.25) is 0 Å². The first-order valence-corrected chi connectivity index (χ1v) is 4.97. The van der Waals surface area contributed by atoms with Crippen molar-refractivity contribution in [2.24, 2.45) is 0 Å². The van der Waals surface area contributed by atoms with E-state index in [0.717, 1.165) is 11.1 Å². The van der Waals surface area contributed by atoms with Crippen molar-refractivity contribution >= 4 is 12.2 Å². The Balaban J connectivity index is 2.21. The standard InChI is InChI=1S/C14H11FO/c15-13-9-8-12(10-14(13)16)7-6-11-4-2-1-3-5-11/h1-10,16H/b7-6+. The highest BCUT2D eigenvalue weighted by atomic mass is 19.1. The van der Waals surface area contributed by atoms with Gasteiger partial charge in [0.05, 0.1) is 0 Å². The molecule has 0 aromatic heterocycles. The zero-order valence-electron chi connectivity index (χ0n) is 8.60. The van der Waals surface area contributed by atoms with Gasteiger partial charge in [0.25, 0.3) is 0 Å². The number of phenolic OH excluding ortho intramolecular Hbond substituents is 1. The van der Waals surface area contributed by atoms with E-state index in [1.54, 1.807) is 6.07 Å². The molecule has 0 unspecified atom stereocenters. The SMILES string of the molecule is Oc1cc(/C=C/c2ccccc2)ccc1F. The Kier molecular flexibility index (Phi) is 3.01. The third-order valence-corrected chi connectivity index (χ3v) is 2.24. The Morgan fingerprint density at radius 2 is 1.56 bits per heavy atom. The van der Waals surface area contributed by atoms with Crippen molar-refractivity contribution in [1.29, 1.82) is 0 Å². The molecule has 0 saturated heterocycles. The lowest BCUT2D eigenvalue weighted by Crippen LogP contribution is -1.77. The minimum atomic E-state index is -0.600. The summed E-state index contributed by atoms with van der Waals surface area (Å²) in [5.41, 5.74) is 1.83. The minimum absolute atomic E-state index is 0.324. The molecule has 0 atom stereocenters. The molecular weight excluding hydrogens is 203 g/mol. The lowest BCUT2D eigenvalue weighted by molar-refractivity contribution is 0.432. The number of hydrogen-bond donors (Lipinski definition) is 1. The quantitative estimate of drug-likeness (QED) is 0.756. The second kappa shape index (κ2) is 4.62. The second-order valence-corrected chi connectivity index (χ2v) is 3.45. The highest BCUT2D eigenvalue weighted by Gasteiger charge is 1.98. The van der Waals surface area contributed by atoms with E-state index in [0.29, 0.717) is 0 Å². The molecule has 0 aliphatic carbocycles. The Morgan fingerprint density at radius 1 is 0.875 bits per heavy atom. The van der Waals surface area contributed by atoms with E-state index in [1.165, 1.54) is 12.1 Å². The molecule has 0 aliphatic rings. The summed E-state index contributed by atoms with van der Waals surface area (Å²) >= 11 is 0. The average molecular weight is 214 g/mol. The molecule has 16 heavy (non-hydrogen) atoms. The van der Waals surface area contributed by atoms with Crippen molar-refractivity contribution in [3.63, 3.8) is 0 Å². The Hall–Kier alpha value is -2.09. The van der Waals surface area contributed by atoms with E-state index in [2.05, 4.69) is 0 Å². The zero-order chi connectivity index (χ0) is 11.4. The van der Waals surface area contributed by atoms with Gasteiger partial charge in [-0.2, -0.15) is 0 Å². The number of aromatic hydroxyl groups is 1. The van der Waals surface area contributed by atoms with Crippen LogP contribution in [0.1, 0.15) is 11.1 Å². The van der Waals surface area contributed by atoms with Gasteiger partial charge >= 0.3 is 0 Å². The van der Waals surface area contributed by atoms with Gasteiger partial charge in [-0.1, -0.05) is 48.6 Å². The monoisotopic (exact) mass is 214 g/mol. The maximum absolute atomic E-state index is 12.8. The fourth-order valence-electron chi connectivity index (χ4n) is 1.39. The number of rotatable bonds is 2. The summed E-state index contributed by atoms with van der Waals surface area (Å²) in [6, 6.07) is 14.0. The molecule has 2 aromatic carbocycles. The number of benzene rings is 2. The lowest BCUT2D eigenvalue weighted by atomic mass is 10.1. The highest BCUT2D eigenvalue weighted by molar-refractivity contribution is 5.70. The van der Waals surface area contributed by atoms with Gasteiger partial charge in [-0.15, -0.1) is 0 Å². The third kappa shape index (κ3) is 2.48. The van der Waals surface area contributed by atoms with Crippen LogP contribution in [0.15, 0.2) is 48.5 Å². The second-order valence-electron chi connectivity index (χ2n) is 3.45. The molecule has 0 saturated carbocycles. The molecule has 1 N–H and O–H groups in total. The van der Waals surface area contributed by atoms with Gasteiger partial charge in [-0.3, -0.25) is 0 Å². The lowest BCUT2D eigenvalue weighted by Gasteiger charge is -1.97. The molecule has 2 aromatic rings. The molecule has 0 heterocycles. The molecule has 0 fully saturated rings. The largest absolute Gasteiger partial charge is 0.505 e. The summed E-state index contributed by atoms with van der Waals surface area (Å²) in [6.45, 7) is 0. The summed E-state index contributed by atoms with van der Waals surface area (Å²) < 4.78 is 12.8. The van der Waals surface area contributed by atoms with Gasteiger partial charge in [-0.25, -0.2) is 4.39 Å². The van der Waals surface area contributed by atoms with Gasteiger partial charge in [-0.05, 0) is 23.3 Å². The van der Waals surface area contributed by atoms with Crippen LogP contribution in [-0.4, -0.2) is 5.11 Å². The predicted octanol–water partition coefficient (Wildman–Crippen LogP) is 3.70. The molecular formula is C14H11FO. The molecule has 0 spiro atoms. The number of halogens is 1. The van der Waals surface area contributed by atoms with E-state index in [1.807, 2.05) is 42.5 Å². The summed E-state index contributed by atoms with van der Waals surface area (Å²) in [5.74, 6) is -0.924. The van der Waals surface area contributed by atoms with Crippen molar-refractivity contribution in [2.75, 3.05) is 0 Å². The van der Waals surface area contributed by atoms with Gasteiger partial charge in [0, 0.05) is 0 Å². The average Bonchev–Trinajstić information content (AvgIpc) is 2.32. The molecule has 80 valence electrons. The van der Waals surface area contributed by atoms with Crippen LogP contribution in [-0.2, 0) is 0 Å². The minimum Gasteiger partial charge on any atom is -0.505 e. The van der Waals surface area contributed by atoms with E-state index in [4.69, 9.17) is 0 Å². The van der Waals surface area contributed by atoms with Crippen LogP contribution in [0.25, 0.3) is 12.2 Å². The van der Waals surface area contributed by atoms with Gasteiger partial charge < -0.3 is 5.11 Å². The van der Waals surface area contributed by atoms with E-state index in [-0.39, 0.29) is 5.75 Å². The topological polar surface area (TPSA) is 20.2 Å². The van der Waals surface area contributed by atoms with Crippen molar-refractivity contribution in [2.45, 2.75) is 0 Å². The molecule has 0 bridgehead atoms. The Labute approximate surface area is 93.5 Å². The van der Waals surface area contributed by atoms with E-state index in [9.17, 15) is 9.50 Å². The maximum Gasteiger partial charge on any atom is 0.164 e. The Bertz CT molecular complexity index is 503. The van der Waals surface area contributed by atoms with Gasteiger partial charge in [0.15, 0.2) is 11.6 Å². The van der Waals surface area contributed by atoms with E-state index >= 15 is 0 Å². The summed E-state index contributed by atoms with van der Waals surface area (Å²) in [6.07, 6.45) is 3.74. The maximum atomic E-state index is 12.8. The smallest absolute Gasteiger partial charge is 0.164 e. The first-order chi connectivity index (χ1) is 7.75. The normalized spacial score (nSPS) is 10.8. The summed E-state index contributed by atoms with van der Waals surface area (Å²) in [4.78, 5) is 0. The first-order valence-electron chi connectivity index (χ1n) is 4.97. The molecule has 0 radical (unpaired) electrons. The molecule has 2 heteroatoms. The van der Waals surface area contributed by atoms with Crippen molar-refractivity contribution in [1.82, 2.24) is 0 Å². The van der Waals surface area contributed by atoms with Crippen molar-refractivity contribution in [3.8, 4) is 5.75 Å². The van der Waals surface area contributed by atoms with Crippen LogP contribution in [0, 0.1) is 5.82 Å². The molecule has 0 amide bonds. The first kappa shape index (κ1) is 10.4. The van der Waals surface area contributed by atoms with Crippen molar-refractivity contribution < 1.29 is 9.50 Å². The fourth-order valence-corrected chi connectivity index (χ4v) is 1.39. The number of hydrogen-bond acceptors (Lipinski definition) is 1. The van der Waals surface area contributed by atoms with Crippen LogP contribution in [0.5, 0.6) is 5.75 Å². The summed E-state index contributed by atoms with van der Waals surface area (Å²) in [7, 11) is 0. The highest BCUT2D eigenvalue weighted by Crippen LogP contribution is 2.18. The number of phenols is 1. The van der Waals surface area contributed by atoms with Crippen LogP contribution in [0.3, 0.4) is 0 Å². The molecule has 2 rings (SSSR count). The Morgan fingerprint density at radius 3 is 2.25 bits per heavy atom. The molecule has 1 nitrogen and oxygen atoms in total. The van der Waals surface area contributed by atoms with Gasteiger partial charge in [0.1, 0.15) is 0 Å². The summed E-state index contributed by atoms with van der Waals surface area (Å²) in [5, 5.41) is 9.19. The zero-order valence-corrected chi connectivity index (χ0v) is 8.60. The predicted molar refractivity (Wildman–Crippen MR) is 63.4 cm³/mol. The van der Waals surface area contributed by atoms with Crippen LogP contribution < -0.4 is 0 Å². The fraction of sp³-hybridized carbons (Fsp3) is 0. The van der Waals surface area contributed by atoms with E-state index < -0.39 is 5.82 Å². The van der Waals surface area contributed by atoms with Crippen molar-refractivity contribution in [3.05, 3.63) is 65.5 Å². The molecule has 0 aliphatic heterocycles. The van der Waals surface area contributed by atoms with Gasteiger partial charge in [0.2, 0.25) is 0 Å². The van der Waals surface area contributed by atoms with Crippen LogP contribution in [0.4, 0.5) is 4.39 Å². The van der Waals surface area contributed by atoms with Crippen LogP contribution >= 0.6 is 0 Å².